The zero-order chi connectivity index (χ0) is 21.2. The van der Waals surface area contributed by atoms with E-state index in [1.165, 1.54) is 37.5 Å². The third-order valence-corrected chi connectivity index (χ3v) is 3.67. The molecule has 2 N–H and O–H groups in total. The van der Waals surface area contributed by atoms with Gasteiger partial charge in [0.15, 0.2) is 11.5 Å². The van der Waals surface area contributed by atoms with Crippen LogP contribution in [0.25, 0.3) is 6.08 Å². The van der Waals surface area contributed by atoms with Gasteiger partial charge in [0.2, 0.25) is 5.91 Å². The molecule has 29 heavy (non-hydrogen) atoms. The fraction of sp³-hybridized carbons (Fsp3) is 0.143. The highest BCUT2D eigenvalue weighted by atomic mass is 19.3. The highest BCUT2D eigenvalue weighted by Gasteiger charge is 2.12. The summed E-state index contributed by atoms with van der Waals surface area (Å²) in [7, 11) is 1.32. The zero-order valence-electron chi connectivity index (χ0n) is 15.7. The maximum absolute atomic E-state index is 12.4. The van der Waals surface area contributed by atoms with Crippen molar-refractivity contribution in [2.24, 2.45) is 0 Å². The summed E-state index contributed by atoms with van der Waals surface area (Å²) in [5.41, 5.74) is 1.20. The lowest BCUT2D eigenvalue weighted by Crippen LogP contribution is -2.24. The van der Waals surface area contributed by atoms with E-state index in [4.69, 9.17) is 4.74 Å². The topological polar surface area (TPSA) is 76.7 Å². The van der Waals surface area contributed by atoms with Gasteiger partial charge in [-0.3, -0.25) is 9.59 Å². The molecule has 0 saturated carbocycles. The summed E-state index contributed by atoms with van der Waals surface area (Å²) in [6.45, 7) is 0.862. The molecule has 0 saturated heterocycles. The van der Waals surface area contributed by atoms with Crippen LogP contribution >= 0.6 is 0 Å². The summed E-state index contributed by atoms with van der Waals surface area (Å²) in [6.07, 6.45) is 4.28. The molecule has 0 aliphatic rings. The number of anilines is 1. The van der Waals surface area contributed by atoms with Gasteiger partial charge in [-0.25, -0.2) is 0 Å². The quantitative estimate of drug-likeness (QED) is 0.493. The minimum atomic E-state index is -2.97. The van der Waals surface area contributed by atoms with Crippen LogP contribution in [0.3, 0.4) is 0 Å². The van der Waals surface area contributed by atoms with Crippen LogP contribution < -0.4 is 20.1 Å². The van der Waals surface area contributed by atoms with Crippen LogP contribution in [-0.2, 0) is 4.79 Å². The Kier molecular flexibility index (Phi) is 7.90. The largest absolute Gasteiger partial charge is 0.493 e. The van der Waals surface area contributed by atoms with Gasteiger partial charge in [0, 0.05) is 12.6 Å². The fourth-order valence-corrected chi connectivity index (χ4v) is 2.38. The van der Waals surface area contributed by atoms with Crippen molar-refractivity contribution in [2.45, 2.75) is 6.61 Å². The molecule has 8 heteroatoms. The average Bonchev–Trinajstić information content (AvgIpc) is 2.71. The van der Waals surface area contributed by atoms with E-state index in [2.05, 4.69) is 21.9 Å². The van der Waals surface area contributed by atoms with Gasteiger partial charge in [-0.2, -0.15) is 8.78 Å². The number of ether oxygens (including phenoxy) is 2. The van der Waals surface area contributed by atoms with Crippen molar-refractivity contribution >= 4 is 23.6 Å². The van der Waals surface area contributed by atoms with Crippen LogP contribution in [0.15, 0.2) is 61.2 Å². The van der Waals surface area contributed by atoms with Gasteiger partial charge in [0.25, 0.3) is 5.91 Å². The molecule has 0 bridgehead atoms. The van der Waals surface area contributed by atoms with E-state index in [-0.39, 0.29) is 17.4 Å². The minimum absolute atomic E-state index is 0.108. The second-order valence-corrected chi connectivity index (χ2v) is 5.66. The van der Waals surface area contributed by atoms with Crippen LogP contribution in [0.2, 0.25) is 0 Å². The second-order valence-electron chi connectivity index (χ2n) is 5.66. The molecule has 0 atom stereocenters. The van der Waals surface area contributed by atoms with Crippen molar-refractivity contribution in [3.63, 3.8) is 0 Å². The zero-order valence-corrected chi connectivity index (χ0v) is 15.7. The number of hydrogen-bond acceptors (Lipinski definition) is 4. The number of amides is 2. The number of para-hydroxylation sites is 1. The molecule has 0 heterocycles. The first-order chi connectivity index (χ1) is 13.9. The Labute approximate surface area is 166 Å². The average molecular weight is 402 g/mol. The monoisotopic (exact) mass is 402 g/mol. The number of benzene rings is 2. The van der Waals surface area contributed by atoms with Gasteiger partial charge in [-0.15, -0.1) is 6.58 Å². The predicted octanol–water partition coefficient (Wildman–Crippen LogP) is 3.86. The highest BCUT2D eigenvalue weighted by molar-refractivity contribution is 6.07. The van der Waals surface area contributed by atoms with E-state index < -0.39 is 12.5 Å². The minimum Gasteiger partial charge on any atom is -0.493 e. The van der Waals surface area contributed by atoms with Gasteiger partial charge in [0.05, 0.1) is 18.4 Å². The summed E-state index contributed by atoms with van der Waals surface area (Å²) in [5, 5.41) is 5.28. The number of nitrogens with one attached hydrogen (secondary N) is 2. The molecule has 0 spiro atoms. The Morgan fingerprint density at radius 2 is 1.93 bits per heavy atom. The summed E-state index contributed by atoms with van der Waals surface area (Å²) < 4.78 is 34.1. The van der Waals surface area contributed by atoms with Crippen molar-refractivity contribution in [1.82, 2.24) is 5.32 Å². The van der Waals surface area contributed by atoms with Gasteiger partial charge < -0.3 is 20.1 Å². The molecular formula is C21H20F2N2O4. The fourth-order valence-electron chi connectivity index (χ4n) is 2.38. The first kappa shape index (κ1) is 21.6. The molecule has 0 fully saturated rings. The standard InChI is InChI=1S/C21H20F2N2O4/c1-3-12-24-20(27)15-6-4-5-7-16(15)25-19(26)11-9-14-8-10-17(29-21(22)23)18(13-14)28-2/h3-11,13,21H,1,12H2,2H3,(H,24,27)(H,25,26)/b11-9+. The van der Waals surface area contributed by atoms with Gasteiger partial charge in [-0.05, 0) is 35.9 Å². The molecule has 2 rings (SSSR count). The van der Waals surface area contributed by atoms with Gasteiger partial charge in [-0.1, -0.05) is 24.3 Å². The molecule has 0 unspecified atom stereocenters. The van der Waals surface area contributed by atoms with Gasteiger partial charge >= 0.3 is 6.61 Å². The molecule has 0 aromatic heterocycles. The lowest BCUT2D eigenvalue weighted by Gasteiger charge is -2.10. The van der Waals surface area contributed by atoms with Crippen molar-refractivity contribution < 1.29 is 27.8 Å². The van der Waals surface area contributed by atoms with E-state index in [1.807, 2.05) is 0 Å². The number of carbonyl (C=O) groups excluding carboxylic acids is 2. The second kappa shape index (κ2) is 10.6. The number of carbonyl (C=O) groups is 2. The van der Waals surface area contributed by atoms with Crippen LogP contribution in [0, 0.1) is 0 Å². The molecule has 2 aromatic carbocycles. The molecule has 0 radical (unpaired) electrons. The lowest BCUT2D eigenvalue weighted by atomic mass is 10.1. The summed E-state index contributed by atoms with van der Waals surface area (Å²) in [4.78, 5) is 24.4. The number of halogens is 2. The van der Waals surface area contributed by atoms with Crippen molar-refractivity contribution in [1.29, 1.82) is 0 Å². The Morgan fingerprint density at radius 1 is 1.17 bits per heavy atom. The van der Waals surface area contributed by atoms with E-state index in [9.17, 15) is 18.4 Å². The maximum Gasteiger partial charge on any atom is 0.387 e. The third-order valence-electron chi connectivity index (χ3n) is 3.67. The molecule has 2 amide bonds. The maximum atomic E-state index is 12.4. The van der Waals surface area contributed by atoms with Crippen LogP contribution in [0.4, 0.5) is 14.5 Å². The van der Waals surface area contributed by atoms with Crippen molar-refractivity contribution in [3.8, 4) is 11.5 Å². The molecular weight excluding hydrogens is 382 g/mol. The molecule has 2 aromatic rings. The third kappa shape index (κ3) is 6.46. The van der Waals surface area contributed by atoms with Crippen molar-refractivity contribution in [3.05, 3.63) is 72.3 Å². The molecule has 152 valence electrons. The normalized spacial score (nSPS) is 10.6. The predicted molar refractivity (Wildman–Crippen MR) is 106 cm³/mol. The summed E-state index contributed by atoms with van der Waals surface area (Å²) in [5.74, 6) is -0.814. The van der Waals surface area contributed by atoms with Crippen molar-refractivity contribution in [2.75, 3.05) is 19.0 Å². The van der Waals surface area contributed by atoms with E-state index in [0.29, 0.717) is 23.4 Å². The molecule has 0 aliphatic carbocycles. The Bertz CT molecular complexity index is 913. The van der Waals surface area contributed by atoms with E-state index in [0.717, 1.165) is 0 Å². The number of alkyl halides is 2. The smallest absolute Gasteiger partial charge is 0.387 e. The lowest BCUT2D eigenvalue weighted by molar-refractivity contribution is -0.111. The number of rotatable bonds is 9. The summed E-state index contributed by atoms with van der Waals surface area (Å²) >= 11 is 0. The van der Waals surface area contributed by atoms with Gasteiger partial charge in [0.1, 0.15) is 0 Å². The van der Waals surface area contributed by atoms with Crippen LogP contribution in [-0.4, -0.2) is 32.1 Å². The number of methoxy groups -OCH3 is 1. The van der Waals surface area contributed by atoms with Crippen LogP contribution in [0.5, 0.6) is 11.5 Å². The molecule has 6 nitrogen and oxygen atoms in total. The van der Waals surface area contributed by atoms with Crippen LogP contribution in [0.1, 0.15) is 15.9 Å². The number of hydrogen-bond donors (Lipinski definition) is 2. The Morgan fingerprint density at radius 3 is 2.62 bits per heavy atom. The highest BCUT2D eigenvalue weighted by Crippen LogP contribution is 2.29. The summed E-state index contributed by atoms with van der Waals surface area (Å²) in [6, 6.07) is 10.8. The Balaban J connectivity index is 2.11. The van der Waals surface area contributed by atoms with E-state index >= 15 is 0 Å². The molecule has 0 aliphatic heterocycles. The first-order valence-corrected chi connectivity index (χ1v) is 8.54. The van der Waals surface area contributed by atoms with E-state index in [1.54, 1.807) is 30.3 Å². The SMILES string of the molecule is C=CCNC(=O)c1ccccc1NC(=O)/C=C/c1ccc(OC(F)F)c(OC)c1. The Hall–Kier alpha value is -3.68. The first-order valence-electron chi connectivity index (χ1n) is 8.54.